The molecule has 0 heterocycles. The number of nitrogens with one attached hydrogen (secondary N) is 2. The van der Waals surface area contributed by atoms with Gasteiger partial charge in [0.2, 0.25) is 0 Å². The van der Waals surface area contributed by atoms with Crippen LogP contribution in [0.15, 0.2) is 4.99 Å². The van der Waals surface area contributed by atoms with Crippen molar-refractivity contribution in [3.05, 3.63) is 0 Å². The highest BCUT2D eigenvalue weighted by Crippen LogP contribution is 2.54. The first-order valence-corrected chi connectivity index (χ1v) is 9.01. The maximum Gasteiger partial charge on any atom is 0.191 e. The predicted molar refractivity (Wildman–Crippen MR) is 106 cm³/mol. The van der Waals surface area contributed by atoms with E-state index in [0.29, 0.717) is 30.7 Å². The quantitative estimate of drug-likeness (QED) is 0.264. The SMILES string of the molecule is CCNC(=NCCOCC)NC1CC(OCC)C12CCCC2.I. The summed E-state index contributed by atoms with van der Waals surface area (Å²) in [5.74, 6) is 0.924. The third kappa shape index (κ3) is 5.19. The number of nitrogens with zero attached hydrogens (tertiary/aromatic N) is 1. The molecule has 2 fully saturated rings. The van der Waals surface area contributed by atoms with Crippen LogP contribution in [-0.2, 0) is 9.47 Å². The molecule has 0 aromatic carbocycles. The van der Waals surface area contributed by atoms with Gasteiger partial charge in [-0.05, 0) is 40.0 Å². The van der Waals surface area contributed by atoms with Crippen LogP contribution >= 0.6 is 24.0 Å². The summed E-state index contributed by atoms with van der Waals surface area (Å²) in [5.41, 5.74) is 0.339. The minimum absolute atomic E-state index is 0. The van der Waals surface area contributed by atoms with Gasteiger partial charge >= 0.3 is 0 Å². The molecule has 0 bridgehead atoms. The van der Waals surface area contributed by atoms with Crippen LogP contribution in [0.25, 0.3) is 0 Å². The summed E-state index contributed by atoms with van der Waals surface area (Å²) in [7, 11) is 0. The largest absolute Gasteiger partial charge is 0.380 e. The van der Waals surface area contributed by atoms with Crippen LogP contribution < -0.4 is 10.6 Å². The second kappa shape index (κ2) is 10.7. The van der Waals surface area contributed by atoms with E-state index in [1.807, 2.05) is 6.92 Å². The molecule has 0 saturated heterocycles. The molecule has 0 aliphatic heterocycles. The molecule has 2 N–H and O–H groups in total. The first kappa shape index (κ1) is 21.0. The van der Waals surface area contributed by atoms with Gasteiger partial charge in [-0.3, -0.25) is 4.99 Å². The lowest BCUT2D eigenvalue weighted by Crippen LogP contribution is -2.65. The zero-order chi connectivity index (χ0) is 15.8. The average molecular weight is 439 g/mol. The Labute approximate surface area is 158 Å². The Kier molecular flexibility index (Phi) is 9.77. The number of guanidine groups is 1. The normalized spacial score (nSPS) is 25.8. The van der Waals surface area contributed by atoms with E-state index < -0.39 is 0 Å². The average Bonchev–Trinajstić information content (AvgIpc) is 3.03. The number of halogens is 1. The number of hydrogen-bond acceptors (Lipinski definition) is 3. The number of hydrogen-bond donors (Lipinski definition) is 2. The van der Waals surface area contributed by atoms with Crippen molar-refractivity contribution in [2.75, 3.05) is 32.9 Å². The van der Waals surface area contributed by atoms with Gasteiger partial charge in [0.15, 0.2) is 5.96 Å². The van der Waals surface area contributed by atoms with Gasteiger partial charge in [-0.2, -0.15) is 0 Å². The van der Waals surface area contributed by atoms with Crippen LogP contribution in [0.5, 0.6) is 0 Å². The van der Waals surface area contributed by atoms with E-state index in [2.05, 4.69) is 29.5 Å². The summed E-state index contributed by atoms with van der Waals surface area (Å²) in [5, 5.41) is 7.01. The molecule has 0 aromatic rings. The van der Waals surface area contributed by atoms with Gasteiger partial charge in [0.05, 0.1) is 19.3 Å². The lowest BCUT2D eigenvalue weighted by Gasteiger charge is -2.54. The van der Waals surface area contributed by atoms with Crippen LogP contribution in [0.1, 0.15) is 52.9 Å². The lowest BCUT2D eigenvalue weighted by molar-refractivity contribution is -0.125. The molecule has 2 rings (SSSR count). The minimum atomic E-state index is 0. The van der Waals surface area contributed by atoms with Crippen molar-refractivity contribution in [3.63, 3.8) is 0 Å². The molecule has 2 unspecified atom stereocenters. The fourth-order valence-corrected chi connectivity index (χ4v) is 3.94. The molecule has 1 spiro atoms. The maximum atomic E-state index is 5.98. The highest BCUT2D eigenvalue weighted by atomic mass is 127. The van der Waals surface area contributed by atoms with Gasteiger partial charge in [0.25, 0.3) is 0 Å². The van der Waals surface area contributed by atoms with E-state index in [4.69, 9.17) is 9.47 Å². The Morgan fingerprint density at radius 2 is 1.91 bits per heavy atom. The van der Waals surface area contributed by atoms with Crippen molar-refractivity contribution in [3.8, 4) is 0 Å². The lowest BCUT2D eigenvalue weighted by atomic mass is 9.60. The fourth-order valence-electron chi connectivity index (χ4n) is 3.94. The van der Waals surface area contributed by atoms with Gasteiger partial charge in [-0.25, -0.2) is 0 Å². The number of rotatable bonds is 8. The van der Waals surface area contributed by atoms with E-state index in [-0.39, 0.29) is 24.0 Å². The molecule has 2 saturated carbocycles. The van der Waals surface area contributed by atoms with Crippen molar-refractivity contribution >= 4 is 29.9 Å². The van der Waals surface area contributed by atoms with Crippen LogP contribution in [0.3, 0.4) is 0 Å². The third-order valence-electron chi connectivity index (χ3n) is 5.05. The Hall–Kier alpha value is -0.0800. The maximum absolute atomic E-state index is 5.98. The smallest absolute Gasteiger partial charge is 0.191 e. The Balaban J connectivity index is 0.00000264. The van der Waals surface area contributed by atoms with Gasteiger partial charge in [0, 0.05) is 31.2 Å². The first-order valence-electron chi connectivity index (χ1n) is 9.01. The van der Waals surface area contributed by atoms with Gasteiger partial charge in [-0.1, -0.05) is 12.8 Å². The predicted octanol–water partition coefficient (Wildman–Crippen LogP) is 2.93. The van der Waals surface area contributed by atoms with E-state index in [0.717, 1.165) is 32.1 Å². The summed E-state index contributed by atoms with van der Waals surface area (Å²) >= 11 is 0. The van der Waals surface area contributed by atoms with Gasteiger partial charge < -0.3 is 20.1 Å². The van der Waals surface area contributed by atoms with Crippen molar-refractivity contribution < 1.29 is 9.47 Å². The van der Waals surface area contributed by atoms with Crippen LogP contribution in [0.4, 0.5) is 0 Å². The van der Waals surface area contributed by atoms with E-state index in [1.54, 1.807) is 0 Å². The molecule has 23 heavy (non-hydrogen) atoms. The molecule has 2 atom stereocenters. The van der Waals surface area contributed by atoms with Gasteiger partial charge in [-0.15, -0.1) is 24.0 Å². The molecule has 0 amide bonds. The second-order valence-electron chi connectivity index (χ2n) is 6.27. The van der Waals surface area contributed by atoms with E-state index in [1.165, 1.54) is 25.7 Å². The van der Waals surface area contributed by atoms with E-state index in [9.17, 15) is 0 Å². The highest BCUT2D eigenvalue weighted by molar-refractivity contribution is 14.0. The number of aliphatic imine (C=N–C) groups is 1. The first-order chi connectivity index (χ1) is 10.8. The van der Waals surface area contributed by atoms with Crippen molar-refractivity contribution in [1.82, 2.24) is 10.6 Å². The Morgan fingerprint density at radius 3 is 2.52 bits per heavy atom. The summed E-state index contributed by atoms with van der Waals surface area (Å²) in [6.45, 7) is 10.1. The minimum Gasteiger partial charge on any atom is -0.380 e. The van der Waals surface area contributed by atoms with Crippen molar-refractivity contribution in [1.29, 1.82) is 0 Å². The van der Waals surface area contributed by atoms with E-state index >= 15 is 0 Å². The zero-order valence-electron chi connectivity index (χ0n) is 14.9. The molecule has 136 valence electrons. The summed E-state index contributed by atoms with van der Waals surface area (Å²) in [6, 6.07) is 0.497. The molecule has 2 aliphatic carbocycles. The Bertz CT molecular complexity index is 360. The zero-order valence-corrected chi connectivity index (χ0v) is 17.2. The number of ether oxygens (including phenoxy) is 2. The monoisotopic (exact) mass is 439 g/mol. The molecule has 6 heteroatoms. The second-order valence-corrected chi connectivity index (χ2v) is 6.27. The molecular weight excluding hydrogens is 405 g/mol. The molecular formula is C17H34IN3O2. The fraction of sp³-hybridized carbons (Fsp3) is 0.941. The van der Waals surface area contributed by atoms with Crippen molar-refractivity contribution in [2.24, 2.45) is 10.4 Å². The Morgan fingerprint density at radius 1 is 1.17 bits per heavy atom. The topological polar surface area (TPSA) is 54.9 Å². The molecule has 0 radical (unpaired) electrons. The third-order valence-corrected chi connectivity index (χ3v) is 5.05. The summed E-state index contributed by atoms with van der Waals surface area (Å²) < 4.78 is 11.3. The highest BCUT2D eigenvalue weighted by Gasteiger charge is 2.56. The van der Waals surface area contributed by atoms with Crippen LogP contribution in [-0.4, -0.2) is 51.0 Å². The van der Waals surface area contributed by atoms with Crippen LogP contribution in [0, 0.1) is 5.41 Å². The molecule has 0 aromatic heterocycles. The molecule has 5 nitrogen and oxygen atoms in total. The molecule has 2 aliphatic rings. The standard InChI is InChI=1S/C17H33N3O2.HI/c1-4-18-16(19-11-12-21-5-2)20-14-13-15(22-6-3)17(14)9-7-8-10-17;/h14-15H,4-13H2,1-3H3,(H2,18,19,20);1H. The van der Waals surface area contributed by atoms with Gasteiger partial charge in [0.1, 0.15) is 0 Å². The van der Waals surface area contributed by atoms with Crippen molar-refractivity contribution in [2.45, 2.75) is 65.0 Å². The summed E-state index contributed by atoms with van der Waals surface area (Å²) in [4.78, 5) is 4.63. The van der Waals surface area contributed by atoms with Crippen LogP contribution in [0.2, 0.25) is 0 Å². The summed E-state index contributed by atoms with van der Waals surface area (Å²) in [6.07, 6.45) is 6.77.